The van der Waals surface area contributed by atoms with Gasteiger partial charge in [-0.05, 0) is 63.9 Å². The van der Waals surface area contributed by atoms with Gasteiger partial charge in [-0.25, -0.2) is 9.97 Å². The van der Waals surface area contributed by atoms with Gasteiger partial charge >= 0.3 is 0 Å². The van der Waals surface area contributed by atoms with E-state index in [4.69, 9.17) is 9.97 Å². The van der Waals surface area contributed by atoms with Crippen LogP contribution in [0.5, 0.6) is 0 Å². The molecule has 3 aromatic heterocycles. The molecule has 0 N–H and O–H groups in total. The fraction of sp³-hybridized carbons (Fsp3) is 0.100. The van der Waals surface area contributed by atoms with Crippen LogP contribution in [-0.2, 0) is 5.41 Å². The van der Waals surface area contributed by atoms with E-state index in [0.717, 1.165) is 44.6 Å². The average molecular weight is 567 g/mol. The predicted octanol–water partition coefficient (Wildman–Crippen LogP) is 10.3. The first-order chi connectivity index (χ1) is 21.5. The van der Waals surface area contributed by atoms with E-state index in [1.54, 1.807) is 0 Å². The van der Waals surface area contributed by atoms with Crippen molar-refractivity contribution in [1.29, 1.82) is 0 Å². The molecule has 0 aliphatic heterocycles. The van der Waals surface area contributed by atoms with Crippen molar-refractivity contribution in [3.05, 3.63) is 133 Å². The molecule has 0 bridgehead atoms. The van der Waals surface area contributed by atoms with Crippen LogP contribution in [0.25, 0.3) is 77.2 Å². The zero-order chi connectivity index (χ0) is 29.6. The number of nitrogens with zero attached hydrogens (tertiary/aromatic N) is 4. The molecule has 0 aliphatic carbocycles. The van der Waals surface area contributed by atoms with Crippen LogP contribution in [0.15, 0.2) is 127 Å². The molecule has 3 heterocycles. The number of fused-ring (bicyclic) bond motifs is 10. The van der Waals surface area contributed by atoms with Crippen LogP contribution in [0.2, 0.25) is 0 Å². The number of imidazole rings is 1. The van der Waals surface area contributed by atoms with Crippen molar-refractivity contribution in [2.24, 2.45) is 0 Å². The van der Waals surface area contributed by atoms with Crippen LogP contribution in [0.1, 0.15) is 26.3 Å². The molecule has 4 nitrogen and oxygen atoms in total. The molecule has 0 saturated heterocycles. The predicted molar refractivity (Wildman–Crippen MR) is 184 cm³/mol. The first-order valence-corrected chi connectivity index (χ1v) is 15.2. The summed E-state index contributed by atoms with van der Waals surface area (Å²) in [6, 6.07) is 45.6. The summed E-state index contributed by atoms with van der Waals surface area (Å²) >= 11 is 0. The molecule has 0 aliphatic rings. The summed E-state index contributed by atoms with van der Waals surface area (Å²) in [6.45, 7) is 6.79. The molecule has 9 aromatic rings. The summed E-state index contributed by atoms with van der Waals surface area (Å²) < 4.78 is 4.59. The molecule has 0 saturated carbocycles. The van der Waals surface area contributed by atoms with E-state index in [1.807, 2.05) is 6.07 Å². The topological polar surface area (TPSA) is 35.1 Å². The van der Waals surface area contributed by atoms with Crippen molar-refractivity contribution in [2.75, 3.05) is 0 Å². The average Bonchev–Trinajstić information content (AvgIpc) is 3.61. The van der Waals surface area contributed by atoms with Gasteiger partial charge in [-0.15, -0.1) is 0 Å². The Kier molecular flexibility index (Phi) is 5.13. The highest BCUT2D eigenvalue weighted by atomic mass is 15.2. The minimum atomic E-state index is 0.105. The summed E-state index contributed by atoms with van der Waals surface area (Å²) in [5.41, 5.74) is 10.0. The van der Waals surface area contributed by atoms with Crippen molar-refractivity contribution >= 4 is 60.2 Å². The minimum Gasteiger partial charge on any atom is -0.278 e. The zero-order valence-electron chi connectivity index (χ0n) is 24.9. The van der Waals surface area contributed by atoms with Gasteiger partial charge < -0.3 is 0 Å². The van der Waals surface area contributed by atoms with E-state index in [0.29, 0.717) is 0 Å². The smallest absolute Gasteiger partial charge is 0.221 e. The number of hydrogen-bond donors (Lipinski definition) is 0. The largest absolute Gasteiger partial charge is 0.278 e. The maximum atomic E-state index is 5.37. The third-order valence-corrected chi connectivity index (χ3v) is 9.06. The van der Waals surface area contributed by atoms with Gasteiger partial charge in [-0.1, -0.05) is 112 Å². The Labute approximate surface area is 254 Å². The van der Waals surface area contributed by atoms with Crippen LogP contribution in [0, 0.1) is 0 Å². The highest BCUT2D eigenvalue weighted by Crippen LogP contribution is 2.42. The number of hydrogen-bond acceptors (Lipinski definition) is 2. The highest BCUT2D eigenvalue weighted by Gasteiger charge is 2.22. The molecular formula is C40H30N4. The molecule has 0 radical (unpaired) electrons. The lowest BCUT2D eigenvalue weighted by Gasteiger charge is -2.19. The van der Waals surface area contributed by atoms with Crippen molar-refractivity contribution in [3.8, 4) is 17.1 Å². The van der Waals surface area contributed by atoms with Crippen molar-refractivity contribution < 1.29 is 0 Å². The number of benzene rings is 6. The van der Waals surface area contributed by atoms with Crippen LogP contribution in [0.3, 0.4) is 0 Å². The van der Waals surface area contributed by atoms with Gasteiger partial charge in [0.05, 0.1) is 27.6 Å². The molecule has 4 heteroatoms. The van der Waals surface area contributed by atoms with Gasteiger partial charge in [-0.3, -0.25) is 8.97 Å². The summed E-state index contributed by atoms with van der Waals surface area (Å²) in [5.74, 6) is 0.839. The summed E-state index contributed by atoms with van der Waals surface area (Å²) in [4.78, 5) is 10.5. The Morgan fingerprint density at radius 2 is 1.14 bits per heavy atom. The second-order valence-electron chi connectivity index (χ2n) is 12.7. The van der Waals surface area contributed by atoms with Crippen LogP contribution < -0.4 is 0 Å². The maximum absolute atomic E-state index is 5.37. The molecule has 0 amide bonds. The second kappa shape index (κ2) is 9.01. The van der Waals surface area contributed by atoms with Gasteiger partial charge in [0, 0.05) is 21.5 Å². The molecule has 0 atom stereocenters. The van der Waals surface area contributed by atoms with Crippen molar-refractivity contribution in [1.82, 2.24) is 18.9 Å². The maximum Gasteiger partial charge on any atom is 0.221 e. The van der Waals surface area contributed by atoms with Crippen molar-refractivity contribution in [3.63, 3.8) is 0 Å². The Morgan fingerprint density at radius 3 is 1.89 bits per heavy atom. The lowest BCUT2D eigenvalue weighted by atomic mass is 9.85. The number of rotatable bonds is 2. The molecule has 0 fully saturated rings. The fourth-order valence-electron chi connectivity index (χ4n) is 6.90. The standard InChI is InChI=1S/C40H30N4/c1-40(2,3)26-22-20-25(21-23-26)31-24-32-28-13-7-10-18-35(28)43(37(32)29-14-5-4-12-27(29)31)39-42-33-16-8-6-15-30(33)38-41-34-17-9-11-19-36(34)44(38)39/h4-24H,1-3H3. The lowest BCUT2D eigenvalue weighted by molar-refractivity contribution is 0.590. The monoisotopic (exact) mass is 566 g/mol. The molecule has 6 aromatic carbocycles. The van der Waals surface area contributed by atoms with Crippen molar-refractivity contribution in [2.45, 2.75) is 26.2 Å². The van der Waals surface area contributed by atoms with E-state index in [-0.39, 0.29) is 5.41 Å². The normalized spacial score (nSPS) is 12.4. The number of para-hydroxylation sites is 4. The summed E-state index contributed by atoms with van der Waals surface area (Å²) in [7, 11) is 0. The SMILES string of the molecule is CC(C)(C)c1ccc(-c2cc3c4ccccc4n(-c4nc5ccccc5c5nc6ccccc6n45)c3c3ccccc23)cc1. The lowest BCUT2D eigenvalue weighted by Crippen LogP contribution is -2.10. The van der Waals surface area contributed by atoms with Gasteiger partial charge in [0.25, 0.3) is 0 Å². The molecule has 210 valence electrons. The summed E-state index contributed by atoms with van der Waals surface area (Å²) in [5, 5.41) is 5.87. The third-order valence-electron chi connectivity index (χ3n) is 9.06. The van der Waals surface area contributed by atoms with E-state index >= 15 is 0 Å². The Bertz CT molecular complexity index is 2580. The molecule has 9 rings (SSSR count). The van der Waals surface area contributed by atoms with E-state index in [9.17, 15) is 0 Å². The van der Waals surface area contributed by atoms with Crippen LogP contribution in [0.4, 0.5) is 0 Å². The molecular weight excluding hydrogens is 536 g/mol. The quantitative estimate of drug-likeness (QED) is 0.209. The Hall–Kier alpha value is -5.48. The van der Waals surface area contributed by atoms with Crippen LogP contribution >= 0.6 is 0 Å². The first-order valence-electron chi connectivity index (χ1n) is 15.2. The second-order valence-corrected chi connectivity index (χ2v) is 12.7. The molecule has 0 spiro atoms. The Balaban J connectivity index is 1.45. The number of aromatic nitrogens is 4. The molecule has 0 unspecified atom stereocenters. The van der Waals surface area contributed by atoms with Gasteiger partial charge in [-0.2, -0.15) is 0 Å². The van der Waals surface area contributed by atoms with Gasteiger partial charge in [0.2, 0.25) is 5.95 Å². The first kappa shape index (κ1) is 25.1. The van der Waals surface area contributed by atoms with E-state index in [2.05, 4.69) is 151 Å². The van der Waals surface area contributed by atoms with Gasteiger partial charge in [0.15, 0.2) is 0 Å². The zero-order valence-corrected chi connectivity index (χ0v) is 24.9. The highest BCUT2D eigenvalue weighted by molar-refractivity contribution is 6.22. The van der Waals surface area contributed by atoms with Crippen LogP contribution in [-0.4, -0.2) is 18.9 Å². The van der Waals surface area contributed by atoms with E-state index in [1.165, 1.54) is 38.2 Å². The summed E-state index contributed by atoms with van der Waals surface area (Å²) in [6.07, 6.45) is 0. The Morgan fingerprint density at radius 1 is 0.523 bits per heavy atom. The third kappa shape index (κ3) is 3.51. The molecule has 44 heavy (non-hydrogen) atoms. The van der Waals surface area contributed by atoms with Gasteiger partial charge in [0.1, 0.15) is 5.65 Å². The fourth-order valence-corrected chi connectivity index (χ4v) is 6.90. The minimum absolute atomic E-state index is 0.105. The van der Waals surface area contributed by atoms with E-state index < -0.39 is 0 Å².